The van der Waals surface area contributed by atoms with Gasteiger partial charge in [-0.2, -0.15) is 0 Å². The van der Waals surface area contributed by atoms with E-state index in [0.29, 0.717) is 51.7 Å². The molecule has 0 saturated heterocycles. The average molecular weight is 635 g/mol. The number of aryl methyl sites for hydroxylation is 4. The van der Waals surface area contributed by atoms with Crippen molar-refractivity contribution in [3.8, 4) is 0 Å². The molecule has 0 aromatic heterocycles. The molecule has 0 spiro atoms. The summed E-state index contributed by atoms with van der Waals surface area (Å²) in [5.74, 6) is 0.242. The quantitative estimate of drug-likeness (QED) is 0.172. The van der Waals surface area contributed by atoms with Crippen LogP contribution in [0.5, 0.6) is 0 Å². The molecule has 0 fully saturated rings. The maximum absolute atomic E-state index is 13.2. The fraction of sp³-hybridized carbons (Fsp3) is 0.576. The van der Waals surface area contributed by atoms with Gasteiger partial charge in [0, 0.05) is 18.7 Å². The van der Waals surface area contributed by atoms with E-state index in [4.69, 9.17) is 9.47 Å². The topological polar surface area (TPSA) is 76.7 Å². The minimum absolute atomic E-state index is 0. The summed E-state index contributed by atoms with van der Waals surface area (Å²) in [5, 5.41) is 6.10. The first-order valence-corrected chi connectivity index (χ1v) is 14.9. The molecule has 0 bridgehead atoms. The number of nitrogens with zero attached hydrogens (tertiary/aromatic N) is 1. The van der Waals surface area contributed by atoms with E-state index >= 15 is 0 Å². The second-order valence-electron chi connectivity index (χ2n) is 11.0. The van der Waals surface area contributed by atoms with E-state index in [1.165, 1.54) is 16.7 Å². The minimum Gasteiger partial charge on any atom is -1.00 e. The molecule has 2 N–H and O–H groups in total. The molecule has 2 aromatic carbocycles. The number of hydrogen-bond acceptors (Lipinski definition) is 5. The van der Waals surface area contributed by atoms with Gasteiger partial charge < -0.3 is 41.6 Å². The fourth-order valence-corrected chi connectivity index (χ4v) is 5.40. The van der Waals surface area contributed by atoms with Crippen molar-refractivity contribution in [2.24, 2.45) is 0 Å². The molecule has 230 valence electrons. The van der Waals surface area contributed by atoms with E-state index in [9.17, 15) is 9.59 Å². The van der Waals surface area contributed by atoms with Crippen molar-refractivity contribution in [3.63, 3.8) is 0 Å². The molecule has 7 nitrogen and oxygen atoms in total. The predicted molar refractivity (Wildman–Crippen MR) is 164 cm³/mol. The molecule has 2 rings (SSSR count). The molecule has 41 heavy (non-hydrogen) atoms. The maximum Gasteiger partial charge on any atom is 0.238 e. The molecule has 1 amide bonds. The van der Waals surface area contributed by atoms with Gasteiger partial charge in [-0.3, -0.25) is 9.59 Å². The Morgan fingerprint density at radius 3 is 1.85 bits per heavy atom. The molecule has 0 aliphatic carbocycles. The molecule has 0 unspecified atom stereocenters. The standard InChI is InChI=1S/C33H51N3O4.BrH/c1-7-16-36(17-8-2,25-30(37)23-31-26(3)11-9-12-27(31)4)18-20-40-22-21-39-19-15-34-24-32(38)35-33-28(5)13-10-14-29(33)6;/h9-14,34H,7-8,15-25H2,1-6H3;1H. The summed E-state index contributed by atoms with van der Waals surface area (Å²) in [4.78, 5) is 25.4. The molecule has 0 radical (unpaired) electrons. The highest BCUT2D eigenvalue weighted by atomic mass is 79.9. The number of halogens is 1. The Morgan fingerprint density at radius 1 is 0.756 bits per heavy atom. The third kappa shape index (κ3) is 13.2. The summed E-state index contributed by atoms with van der Waals surface area (Å²) in [7, 11) is 0. The van der Waals surface area contributed by atoms with Gasteiger partial charge >= 0.3 is 0 Å². The summed E-state index contributed by atoms with van der Waals surface area (Å²) >= 11 is 0. The largest absolute Gasteiger partial charge is 1.00 e. The zero-order valence-electron chi connectivity index (χ0n) is 26.1. The van der Waals surface area contributed by atoms with E-state index < -0.39 is 0 Å². The van der Waals surface area contributed by atoms with Gasteiger partial charge in [0.05, 0.1) is 46.1 Å². The zero-order valence-corrected chi connectivity index (χ0v) is 27.7. The molecular formula is C33H52BrN3O4. The number of amides is 1. The SMILES string of the molecule is CCC[N+](CCC)(CCOCCOCCNCC(=O)Nc1c(C)cccc1C)CC(=O)Cc1c(C)cccc1C.[Br-]. The van der Waals surface area contributed by atoms with Gasteiger partial charge in [-0.15, -0.1) is 0 Å². The highest BCUT2D eigenvalue weighted by Gasteiger charge is 2.29. The van der Waals surface area contributed by atoms with Crippen LogP contribution in [0.2, 0.25) is 0 Å². The number of rotatable bonds is 20. The van der Waals surface area contributed by atoms with Gasteiger partial charge in [0.25, 0.3) is 0 Å². The lowest BCUT2D eigenvalue weighted by molar-refractivity contribution is -0.921. The Bertz CT molecular complexity index is 1030. The monoisotopic (exact) mass is 633 g/mol. The summed E-state index contributed by atoms with van der Waals surface area (Å²) in [6, 6.07) is 12.2. The molecule has 0 heterocycles. The van der Waals surface area contributed by atoms with Crippen LogP contribution in [0.4, 0.5) is 5.69 Å². The lowest BCUT2D eigenvalue weighted by Crippen LogP contribution is -3.00. The number of nitrogens with one attached hydrogen (secondary N) is 2. The lowest BCUT2D eigenvalue weighted by atomic mass is 9.97. The Hall–Kier alpha value is -2.10. The van der Waals surface area contributed by atoms with Crippen molar-refractivity contribution in [2.75, 3.05) is 71.0 Å². The molecule has 0 saturated carbocycles. The van der Waals surface area contributed by atoms with Crippen LogP contribution in [0.25, 0.3) is 0 Å². The number of carbonyl (C=O) groups is 2. The van der Waals surface area contributed by atoms with E-state index in [1.807, 2.05) is 32.0 Å². The van der Waals surface area contributed by atoms with Gasteiger partial charge in [-0.1, -0.05) is 50.2 Å². The van der Waals surface area contributed by atoms with Crippen molar-refractivity contribution in [1.29, 1.82) is 0 Å². The van der Waals surface area contributed by atoms with Crippen LogP contribution in [0.1, 0.15) is 54.5 Å². The Labute approximate surface area is 258 Å². The second kappa shape index (κ2) is 19.9. The van der Waals surface area contributed by atoms with Crippen molar-refractivity contribution in [3.05, 3.63) is 64.2 Å². The number of Topliss-reactive ketones (excluding diaryl/α,β-unsaturated/α-hetero) is 1. The third-order valence-electron chi connectivity index (χ3n) is 7.46. The Kier molecular flexibility index (Phi) is 17.9. The number of para-hydroxylation sites is 1. The van der Waals surface area contributed by atoms with Crippen LogP contribution in [-0.2, 0) is 25.5 Å². The van der Waals surface area contributed by atoms with Crippen molar-refractivity contribution in [1.82, 2.24) is 5.32 Å². The van der Waals surface area contributed by atoms with Crippen LogP contribution < -0.4 is 27.6 Å². The molecule has 0 aliphatic heterocycles. The van der Waals surface area contributed by atoms with Gasteiger partial charge in [0.15, 0.2) is 5.78 Å². The molecule has 2 aromatic rings. The Balaban J connectivity index is 0.00000840. The van der Waals surface area contributed by atoms with E-state index in [-0.39, 0.29) is 29.4 Å². The van der Waals surface area contributed by atoms with Crippen LogP contribution in [-0.4, -0.2) is 81.9 Å². The Morgan fingerprint density at radius 2 is 1.29 bits per heavy atom. The van der Waals surface area contributed by atoms with Gasteiger partial charge in [-0.05, 0) is 68.4 Å². The second-order valence-corrected chi connectivity index (χ2v) is 11.0. The van der Waals surface area contributed by atoms with Crippen molar-refractivity contribution in [2.45, 2.75) is 60.8 Å². The molecule has 0 aliphatic rings. The molecule has 8 heteroatoms. The predicted octanol–water partition coefficient (Wildman–Crippen LogP) is 1.93. The van der Waals surface area contributed by atoms with Gasteiger partial charge in [0.1, 0.15) is 13.1 Å². The number of benzene rings is 2. The number of hydrogen-bond donors (Lipinski definition) is 2. The summed E-state index contributed by atoms with van der Waals surface area (Å²) in [6.07, 6.45) is 2.58. The number of ether oxygens (including phenoxy) is 2. The van der Waals surface area contributed by atoms with E-state index in [0.717, 1.165) is 53.8 Å². The fourth-order valence-electron chi connectivity index (χ4n) is 5.40. The van der Waals surface area contributed by atoms with Gasteiger partial charge in [0.2, 0.25) is 5.91 Å². The lowest BCUT2D eigenvalue weighted by Gasteiger charge is -2.38. The first-order chi connectivity index (χ1) is 19.2. The average Bonchev–Trinajstić information content (AvgIpc) is 2.90. The molecular weight excluding hydrogens is 582 g/mol. The number of carbonyl (C=O) groups excluding carboxylic acids is 2. The van der Waals surface area contributed by atoms with E-state index in [1.54, 1.807) is 0 Å². The highest BCUT2D eigenvalue weighted by Crippen LogP contribution is 2.19. The number of anilines is 1. The normalized spacial score (nSPS) is 11.3. The van der Waals surface area contributed by atoms with Crippen LogP contribution >= 0.6 is 0 Å². The van der Waals surface area contributed by atoms with E-state index in [2.05, 4.69) is 56.5 Å². The third-order valence-corrected chi connectivity index (χ3v) is 7.46. The number of quaternary nitrogens is 1. The maximum atomic E-state index is 13.2. The van der Waals surface area contributed by atoms with Crippen LogP contribution in [0.3, 0.4) is 0 Å². The first-order valence-electron chi connectivity index (χ1n) is 14.9. The summed E-state index contributed by atoms with van der Waals surface area (Å²) < 4.78 is 12.4. The van der Waals surface area contributed by atoms with Crippen LogP contribution in [0.15, 0.2) is 36.4 Å². The summed E-state index contributed by atoms with van der Waals surface area (Å²) in [6.45, 7) is 18.9. The number of ketones is 1. The van der Waals surface area contributed by atoms with Crippen molar-refractivity contribution >= 4 is 17.4 Å². The summed E-state index contributed by atoms with van der Waals surface area (Å²) in [5.41, 5.74) is 6.55. The van der Waals surface area contributed by atoms with Crippen LogP contribution in [0, 0.1) is 27.7 Å². The minimum atomic E-state index is -0.0611. The molecule has 0 atom stereocenters. The smallest absolute Gasteiger partial charge is 0.238 e. The van der Waals surface area contributed by atoms with Crippen molar-refractivity contribution < 1.29 is 40.5 Å². The van der Waals surface area contributed by atoms with Gasteiger partial charge in [-0.25, -0.2) is 0 Å². The highest BCUT2D eigenvalue weighted by molar-refractivity contribution is 5.93. The first kappa shape index (κ1) is 36.9. The zero-order chi connectivity index (χ0) is 29.4.